The first-order valence-electron chi connectivity index (χ1n) is 4.85. The Bertz CT molecular complexity index is 247. The average Bonchev–Trinajstić information content (AvgIpc) is 2.00. The van der Waals surface area contributed by atoms with E-state index in [1.807, 2.05) is 0 Å². The van der Waals surface area contributed by atoms with E-state index in [9.17, 15) is 9.59 Å². The Labute approximate surface area is 90.3 Å². The molecule has 6 heteroatoms. The van der Waals surface area contributed by atoms with E-state index in [1.54, 1.807) is 20.8 Å². The van der Waals surface area contributed by atoms with Crippen molar-refractivity contribution in [1.82, 2.24) is 5.23 Å². The van der Waals surface area contributed by atoms with Crippen molar-refractivity contribution in [1.29, 1.82) is 0 Å². The van der Waals surface area contributed by atoms with Gasteiger partial charge >= 0.3 is 19.0 Å². The maximum atomic E-state index is 11.3. The molecule has 0 amide bonds. The molecular weight excluding hydrogens is 197 g/mol. The Morgan fingerprint density at radius 3 is 2.20 bits per heavy atom. The van der Waals surface area contributed by atoms with E-state index in [1.165, 1.54) is 13.7 Å². The second kappa shape index (κ2) is 5.28. The number of ether oxygens (including phenoxy) is 1. The van der Waals surface area contributed by atoms with Crippen LogP contribution in [0, 0.1) is 5.41 Å². The van der Waals surface area contributed by atoms with Crippen LogP contribution in [0.5, 0.6) is 0 Å². The van der Waals surface area contributed by atoms with Gasteiger partial charge < -0.3 is 15.0 Å². The Kier molecular flexibility index (Phi) is 4.97. The van der Waals surface area contributed by atoms with Crippen LogP contribution < -0.4 is 5.23 Å². The molecule has 0 heterocycles. The van der Waals surface area contributed by atoms with E-state index in [0.717, 1.165) is 0 Å². The lowest BCUT2D eigenvalue weighted by Crippen LogP contribution is -2.45. The van der Waals surface area contributed by atoms with Crippen molar-refractivity contribution in [3.05, 3.63) is 0 Å². The summed E-state index contributed by atoms with van der Waals surface area (Å²) in [7, 11) is -0.822. The molecule has 0 aliphatic heterocycles. The molecule has 0 rings (SSSR count). The van der Waals surface area contributed by atoms with Crippen molar-refractivity contribution in [2.24, 2.45) is 5.41 Å². The molecule has 0 spiro atoms. The van der Waals surface area contributed by atoms with Gasteiger partial charge in [-0.1, -0.05) is 0 Å². The maximum Gasteiger partial charge on any atom is 0.374 e. The molecule has 0 aliphatic carbocycles. The third kappa shape index (κ3) is 5.54. The zero-order valence-electron chi connectivity index (χ0n) is 9.83. The van der Waals surface area contributed by atoms with Crippen LogP contribution in [-0.2, 0) is 14.3 Å². The normalized spacial score (nSPS) is 13.2. The van der Waals surface area contributed by atoms with Crippen molar-refractivity contribution in [2.45, 2.75) is 40.6 Å². The van der Waals surface area contributed by atoms with Crippen LogP contribution >= 0.6 is 0 Å². The van der Waals surface area contributed by atoms with Gasteiger partial charge in [-0.25, -0.2) is 4.79 Å². The van der Waals surface area contributed by atoms with E-state index >= 15 is 0 Å². The Balaban J connectivity index is 4.20. The summed E-state index contributed by atoms with van der Waals surface area (Å²) in [6, 6.07) is -0.712. The molecule has 0 bridgehead atoms. The third-order valence-electron chi connectivity index (χ3n) is 1.65. The third-order valence-corrected chi connectivity index (χ3v) is 1.65. The molecule has 2 N–H and O–H groups in total. The van der Waals surface area contributed by atoms with Crippen LogP contribution in [0.1, 0.15) is 27.7 Å². The monoisotopic (exact) mass is 215 g/mol. The molecule has 86 valence electrons. The lowest BCUT2D eigenvalue weighted by atomic mass is 9.87. The SMILES string of the molecule is CB(O)N[C@H](C)C(=O)OC(=O)C(C)(C)C. The Hall–Kier alpha value is -0.875. The zero-order chi connectivity index (χ0) is 12.2. The minimum Gasteiger partial charge on any atom is -0.437 e. The molecule has 0 fully saturated rings. The zero-order valence-corrected chi connectivity index (χ0v) is 9.83. The predicted octanol–water partition coefficient (Wildman–Crippen LogP) is 0.191. The van der Waals surface area contributed by atoms with Crippen LogP contribution in [0.3, 0.4) is 0 Å². The standard InChI is InChI=1S/C9H18BNO4/c1-6(11-10(5)14)7(12)15-8(13)9(2,3)4/h6,11,14H,1-5H3/t6-/m1/s1. The molecule has 0 aromatic rings. The Morgan fingerprint density at radius 2 is 1.87 bits per heavy atom. The maximum absolute atomic E-state index is 11.3. The number of hydrogen-bond acceptors (Lipinski definition) is 5. The number of rotatable bonds is 3. The Morgan fingerprint density at radius 1 is 1.40 bits per heavy atom. The fourth-order valence-electron chi connectivity index (χ4n) is 0.763. The second-order valence-electron chi connectivity index (χ2n) is 4.52. The number of carbonyl (C=O) groups excluding carboxylic acids is 2. The molecule has 0 saturated heterocycles. The topological polar surface area (TPSA) is 75.6 Å². The number of nitrogens with one attached hydrogen (secondary N) is 1. The minimum atomic E-state index is -0.822. The van der Waals surface area contributed by atoms with Gasteiger partial charge in [0.05, 0.1) is 11.5 Å². The number of esters is 2. The second-order valence-corrected chi connectivity index (χ2v) is 4.52. The van der Waals surface area contributed by atoms with Gasteiger partial charge in [0.15, 0.2) is 0 Å². The van der Waals surface area contributed by atoms with Gasteiger partial charge in [0.1, 0.15) is 0 Å². The van der Waals surface area contributed by atoms with Crippen molar-refractivity contribution in [3.8, 4) is 0 Å². The molecule has 1 atom stereocenters. The summed E-state index contributed by atoms with van der Waals surface area (Å²) >= 11 is 0. The van der Waals surface area contributed by atoms with Crippen LogP contribution in [-0.4, -0.2) is 30.1 Å². The predicted molar refractivity (Wildman–Crippen MR) is 57.0 cm³/mol. The van der Waals surface area contributed by atoms with Crippen LogP contribution in [0.25, 0.3) is 0 Å². The summed E-state index contributed by atoms with van der Waals surface area (Å²) in [5, 5.41) is 11.5. The van der Waals surface area contributed by atoms with Crippen molar-refractivity contribution < 1.29 is 19.3 Å². The number of hydrogen-bond donors (Lipinski definition) is 2. The van der Waals surface area contributed by atoms with E-state index < -0.39 is 30.4 Å². The average molecular weight is 215 g/mol. The summed E-state index contributed by atoms with van der Waals surface area (Å²) in [5.41, 5.74) is -0.708. The largest absolute Gasteiger partial charge is 0.437 e. The van der Waals surface area contributed by atoms with Gasteiger partial charge in [0, 0.05) is 0 Å². The summed E-state index contributed by atoms with van der Waals surface area (Å²) in [6.45, 7) is 7.99. The fourth-order valence-corrected chi connectivity index (χ4v) is 0.763. The molecule has 0 aromatic carbocycles. The first kappa shape index (κ1) is 14.1. The first-order valence-corrected chi connectivity index (χ1v) is 4.85. The van der Waals surface area contributed by atoms with Gasteiger partial charge in [-0.3, -0.25) is 4.79 Å². The first-order chi connectivity index (χ1) is 6.64. The molecule has 15 heavy (non-hydrogen) atoms. The summed E-state index contributed by atoms with van der Waals surface area (Å²) in [4.78, 5) is 22.7. The minimum absolute atomic E-state index is 0.577. The van der Waals surface area contributed by atoms with Gasteiger partial charge in [-0.15, -0.1) is 0 Å². The lowest BCUT2D eigenvalue weighted by molar-refractivity contribution is -0.166. The fraction of sp³-hybridized carbons (Fsp3) is 0.778. The summed E-state index contributed by atoms with van der Waals surface area (Å²) < 4.78 is 4.63. The molecule has 0 saturated carbocycles. The summed E-state index contributed by atoms with van der Waals surface area (Å²) in [6.07, 6.45) is 0. The van der Waals surface area contributed by atoms with E-state index in [-0.39, 0.29) is 0 Å². The van der Waals surface area contributed by atoms with Gasteiger partial charge in [0.2, 0.25) is 0 Å². The van der Waals surface area contributed by atoms with Gasteiger partial charge in [-0.2, -0.15) is 0 Å². The van der Waals surface area contributed by atoms with Gasteiger partial charge in [-0.05, 0) is 34.5 Å². The molecule has 0 aliphatic rings. The van der Waals surface area contributed by atoms with Crippen molar-refractivity contribution >= 4 is 19.0 Å². The highest BCUT2D eigenvalue weighted by atomic mass is 16.6. The lowest BCUT2D eigenvalue weighted by Gasteiger charge is -2.18. The smallest absolute Gasteiger partial charge is 0.374 e. The highest BCUT2D eigenvalue weighted by Crippen LogP contribution is 2.15. The van der Waals surface area contributed by atoms with Crippen molar-refractivity contribution in [3.63, 3.8) is 0 Å². The molecule has 0 radical (unpaired) electrons. The van der Waals surface area contributed by atoms with E-state index in [0.29, 0.717) is 0 Å². The highest BCUT2D eigenvalue weighted by Gasteiger charge is 2.28. The van der Waals surface area contributed by atoms with Crippen molar-refractivity contribution in [2.75, 3.05) is 0 Å². The molecule has 0 aromatic heterocycles. The molecule has 0 unspecified atom stereocenters. The van der Waals surface area contributed by atoms with Crippen LogP contribution in [0.15, 0.2) is 0 Å². The highest BCUT2D eigenvalue weighted by molar-refractivity contribution is 6.46. The summed E-state index contributed by atoms with van der Waals surface area (Å²) in [5.74, 6) is -1.26. The van der Waals surface area contributed by atoms with E-state index in [4.69, 9.17) is 5.02 Å². The molecule has 5 nitrogen and oxygen atoms in total. The van der Waals surface area contributed by atoms with Gasteiger partial charge in [0.25, 0.3) is 0 Å². The molecular formula is C9H18BNO4. The van der Waals surface area contributed by atoms with Crippen LogP contribution in [0.2, 0.25) is 6.82 Å². The van der Waals surface area contributed by atoms with Crippen LogP contribution in [0.4, 0.5) is 0 Å². The van der Waals surface area contributed by atoms with E-state index in [2.05, 4.69) is 9.96 Å². The number of carbonyl (C=O) groups is 2. The quantitative estimate of drug-likeness (QED) is 0.399.